The number of methoxy groups -OCH3 is 1. The van der Waals surface area contributed by atoms with Crippen LogP contribution < -0.4 is 10.6 Å². The number of nitrogens with zero attached hydrogens (tertiary/aromatic N) is 1. The summed E-state index contributed by atoms with van der Waals surface area (Å²) < 4.78 is 4.80. The number of amides is 3. The number of ether oxygens (including phenoxy) is 1. The summed E-state index contributed by atoms with van der Waals surface area (Å²) in [5.41, 5.74) is 0. The molecule has 0 aromatic carbocycles. The van der Waals surface area contributed by atoms with Crippen molar-refractivity contribution in [2.75, 3.05) is 39.9 Å². The van der Waals surface area contributed by atoms with Crippen molar-refractivity contribution in [3.63, 3.8) is 0 Å². The van der Waals surface area contributed by atoms with E-state index in [-0.39, 0.29) is 30.8 Å². The number of carboxylic acids is 1. The van der Waals surface area contributed by atoms with Gasteiger partial charge in [0.2, 0.25) is 5.91 Å². The van der Waals surface area contributed by atoms with Crippen LogP contribution in [0.5, 0.6) is 0 Å². The van der Waals surface area contributed by atoms with Gasteiger partial charge in [-0.3, -0.25) is 9.59 Å². The maximum atomic E-state index is 11.9. The van der Waals surface area contributed by atoms with Crippen molar-refractivity contribution in [2.45, 2.75) is 19.3 Å². The third-order valence-electron chi connectivity index (χ3n) is 3.30. The summed E-state index contributed by atoms with van der Waals surface area (Å²) in [4.78, 5) is 35.6. The van der Waals surface area contributed by atoms with Crippen LogP contribution in [-0.2, 0) is 14.3 Å². The molecular weight excluding hydrogens is 278 g/mol. The topological polar surface area (TPSA) is 108 Å². The number of nitrogens with one attached hydrogen (secondary N) is 2. The first-order valence-electron chi connectivity index (χ1n) is 7.03. The number of rotatable bonds is 7. The second kappa shape index (κ2) is 9.17. The first-order chi connectivity index (χ1) is 10.0. The molecule has 1 rings (SSSR count). The Labute approximate surface area is 123 Å². The molecule has 1 fully saturated rings. The zero-order valence-corrected chi connectivity index (χ0v) is 12.3. The van der Waals surface area contributed by atoms with E-state index >= 15 is 0 Å². The molecule has 0 aliphatic carbocycles. The summed E-state index contributed by atoms with van der Waals surface area (Å²) in [6, 6.07) is -0.327. The van der Waals surface area contributed by atoms with Crippen LogP contribution in [-0.4, -0.2) is 67.8 Å². The number of hydrogen-bond acceptors (Lipinski definition) is 4. The lowest BCUT2D eigenvalue weighted by Crippen LogP contribution is -2.48. The van der Waals surface area contributed by atoms with Crippen molar-refractivity contribution in [1.29, 1.82) is 0 Å². The van der Waals surface area contributed by atoms with E-state index in [4.69, 9.17) is 9.84 Å². The van der Waals surface area contributed by atoms with Gasteiger partial charge in [0.15, 0.2) is 0 Å². The molecular formula is C13H23N3O5. The molecule has 0 bridgehead atoms. The lowest BCUT2D eigenvalue weighted by atomic mass is 9.95. The van der Waals surface area contributed by atoms with Crippen LogP contribution in [0.3, 0.4) is 0 Å². The SMILES string of the molecule is COCCNC(=O)CNC(=O)N1CCCC(CC(=O)O)C1. The Balaban J connectivity index is 2.27. The predicted octanol–water partition coefficient (Wildman–Crippen LogP) is -0.355. The van der Waals surface area contributed by atoms with Gasteiger partial charge in [-0.2, -0.15) is 0 Å². The Morgan fingerprint density at radius 3 is 2.76 bits per heavy atom. The number of piperidine rings is 1. The first-order valence-corrected chi connectivity index (χ1v) is 7.03. The van der Waals surface area contributed by atoms with Crippen LogP contribution in [0.15, 0.2) is 0 Å². The van der Waals surface area contributed by atoms with E-state index in [9.17, 15) is 14.4 Å². The Morgan fingerprint density at radius 1 is 1.33 bits per heavy atom. The van der Waals surface area contributed by atoms with Gasteiger partial charge in [-0.25, -0.2) is 4.79 Å². The fraction of sp³-hybridized carbons (Fsp3) is 0.769. The second-order valence-electron chi connectivity index (χ2n) is 5.05. The molecule has 8 heteroatoms. The molecule has 1 aliphatic rings. The van der Waals surface area contributed by atoms with Crippen LogP contribution in [0.2, 0.25) is 0 Å². The third-order valence-corrected chi connectivity index (χ3v) is 3.30. The molecule has 8 nitrogen and oxygen atoms in total. The Morgan fingerprint density at radius 2 is 2.10 bits per heavy atom. The van der Waals surface area contributed by atoms with Crippen LogP contribution in [0.4, 0.5) is 4.79 Å². The van der Waals surface area contributed by atoms with Gasteiger partial charge in [0.25, 0.3) is 0 Å². The summed E-state index contributed by atoms with van der Waals surface area (Å²) >= 11 is 0. The minimum atomic E-state index is -0.847. The first kappa shape index (κ1) is 17.2. The van der Waals surface area contributed by atoms with Gasteiger partial charge in [0.1, 0.15) is 0 Å². The van der Waals surface area contributed by atoms with Gasteiger partial charge < -0.3 is 25.4 Å². The number of urea groups is 1. The van der Waals surface area contributed by atoms with Crippen molar-refractivity contribution < 1.29 is 24.2 Å². The average Bonchev–Trinajstić information content (AvgIpc) is 2.44. The maximum Gasteiger partial charge on any atom is 0.317 e. The molecule has 3 N–H and O–H groups in total. The van der Waals surface area contributed by atoms with Crippen molar-refractivity contribution >= 4 is 17.9 Å². The highest BCUT2D eigenvalue weighted by Crippen LogP contribution is 2.19. The van der Waals surface area contributed by atoms with Crippen molar-refractivity contribution in [3.05, 3.63) is 0 Å². The van der Waals surface area contributed by atoms with Gasteiger partial charge in [-0.05, 0) is 18.8 Å². The Hall–Kier alpha value is -1.83. The van der Waals surface area contributed by atoms with Gasteiger partial charge >= 0.3 is 12.0 Å². The number of carboxylic acid groups (broad SMARTS) is 1. The van der Waals surface area contributed by atoms with E-state index < -0.39 is 5.97 Å². The van der Waals surface area contributed by atoms with E-state index in [1.165, 1.54) is 7.11 Å². The van der Waals surface area contributed by atoms with Crippen LogP contribution in [0, 0.1) is 5.92 Å². The average molecular weight is 301 g/mol. The number of hydrogen-bond donors (Lipinski definition) is 3. The molecule has 0 aromatic rings. The Kier molecular flexibility index (Phi) is 7.52. The standard InChI is InChI=1S/C13H23N3O5/c1-21-6-4-14-11(17)8-15-13(20)16-5-2-3-10(9-16)7-12(18)19/h10H,2-9H2,1H3,(H,14,17)(H,15,20)(H,18,19). The molecule has 1 aliphatic heterocycles. The Bertz CT molecular complexity index is 375. The number of aliphatic carboxylic acids is 1. The summed E-state index contributed by atoms with van der Waals surface area (Å²) in [5.74, 6) is -1.14. The molecule has 21 heavy (non-hydrogen) atoms. The molecule has 120 valence electrons. The van der Waals surface area contributed by atoms with Crippen molar-refractivity contribution in [2.24, 2.45) is 5.92 Å². The van der Waals surface area contributed by atoms with Crippen molar-refractivity contribution in [3.8, 4) is 0 Å². The fourth-order valence-corrected chi connectivity index (χ4v) is 2.29. The highest BCUT2D eigenvalue weighted by atomic mass is 16.5. The molecule has 1 heterocycles. The molecule has 0 spiro atoms. The molecule has 0 radical (unpaired) electrons. The summed E-state index contributed by atoms with van der Waals surface area (Å²) in [5, 5.41) is 13.9. The van der Waals surface area contributed by atoms with Crippen LogP contribution in [0.25, 0.3) is 0 Å². The predicted molar refractivity (Wildman–Crippen MR) is 74.8 cm³/mol. The monoisotopic (exact) mass is 301 g/mol. The maximum absolute atomic E-state index is 11.9. The molecule has 3 amide bonds. The third kappa shape index (κ3) is 6.94. The van der Waals surface area contributed by atoms with Crippen molar-refractivity contribution in [1.82, 2.24) is 15.5 Å². The lowest BCUT2D eigenvalue weighted by molar-refractivity contribution is -0.138. The molecule has 1 atom stereocenters. The quantitative estimate of drug-likeness (QED) is 0.557. The minimum absolute atomic E-state index is 0.0162. The van der Waals surface area contributed by atoms with Gasteiger partial charge in [0, 0.05) is 33.2 Å². The summed E-state index contributed by atoms with van der Waals surface area (Å²) in [7, 11) is 1.54. The highest BCUT2D eigenvalue weighted by Gasteiger charge is 2.25. The number of likely N-dealkylation sites (tertiary alicyclic amines) is 1. The molecule has 1 unspecified atom stereocenters. The number of carbonyl (C=O) groups excluding carboxylic acids is 2. The zero-order chi connectivity index (χ0) is 15.7. The second-order valence-corrected chi connectivity index (χ2v) is 5.05. The molecule has 0 aromatic heterocycles. The van der Waals surface area contributed by atoms with E-state index in [1.807, 2.05) is 0 Å². The van der Waals surface area contributed by atoms with Gasteiger partial charge in [0.05, 0.1) is 13.2 Å². The fourth-order valence-electron chi connectivity index (χ4n) is 2.29. The summed E-state index contributed by atoms with van der Waals surface area (Å²) in [6.07, 6.45) is 1.67. The minimum Gasteiger partial charge on any atom is -0.481 e. The lowest BCUT2D eigenvalue weighted by Gasteiger charge is -2.32. The van der Waals surface area contributed by atoms with E-state index in [1.54, 1.807) is 4.90 Å². The normalized spacial score (nSPS) is 18.1. The van der Waals surface area contributed by atoms with Gasteiger partial charge in [-0.1, -0.05) is 0 Å². The van der Waals surface area contributed by atoms with Crippen LogP contribution >= 0.6 is 0 Å². The molecule has 1 saturated heterocycles. The van der Waals surface area contributed by atoms with E-state index in [0.717, 1.165) is 12.8 Å². The van der Waals surface area contributed by atoms with Crippen LogP contribution in [0.1, 0.15) is 19.3 Å². The van der Waals surface area contributed by atoms with E-state index in [0.29, 0.717) is 26.2 Å². The molecule has 0 saturated carbocycles. The zero-order valence-electron chi connectivity index (χ0n) is 12.3. The largest absolute Gasteiger partial charge is 0.481 e. The summed E-state index contributed by atoms with van der Waals surface area (Å²) in [6.45, 7) is 1.73. The highest BCUT2D eigenvalue weighted by molar-refractivity contribution is 5.84. The van der Waals surface area contributed by atoms with E-state index in [2.05, 4.69) is 10.6 Å². The smallest absolute Gasteiger partial charge is 0.317 e. The van der Waals surface area contributed by atoms with Gasteiger partial charge in [-0.15, -0.1) is 0 Å². The number of carbonyl (C=O) groups is 3.